The van der Waals surface area contributed by atoms with Gasteiger partial charge < -0.3 is 14.6 Å². The molecule has 0 amide bonds. The van der Waals surface area contributed by atoms with Gasteiger partial charge in [0.15, 0.2) is 0 Å². The second-order valence-corrected chi connectivity index (χ2v) is 4.13. The lowest BCUT2D eigenvalue weighted by Gasteiger charge is -2.14. The van der Waals surface area contributed by atoms with Crippen molar-refractivity contribution in [1.82, 2.24) is 4.98 Å². The minimum absolute atomic E-state index is 0.234. The Kier molecular flexibility index (Phi) is 4.32. The van der Waals surface area contributed by atoms with Gasteiger partial charge in [0.2, 0.25) is 5.88 Å². The fourth-order valence-corrected chi connectivity index (χ4v) is 1.75. The van der Waals surface area contributed by atoms with E-state index in [1.807, 2.05) is 0 Å². The molecule has 0 aliphatic carbocycles. The van der Waals surface area contributed by atoms with Gasteiger partial charge in [-0.3, -0.25) is 0 Å². The van der Waals surface area contributed by atoms with Crippen molar-refractivity contribution in [2.45, 2.75) is 12.5 Å². The first-order valence-electron chi connectivity index (χ1n) is 5.94. The van der Waals surface area contributed by atoms with Gasteiger partial charge in [-0.15, -0.1) is 13.2 Å². The molecule has 2 aromatic rings. The average molecular weight is 299 g/mol. The van der Waals surface area contributed by atoms with E-state index < -0.39 is 18.2 Å². The Labute approximate surface area is 118 Å². The third kappa shape index (κ3) is 4.09. The highest BCUT2D eigenvalue weighted by Gasteiger charge is 2.31. The number of pyridine rings is 1. The zero-order chi connectivity index (χ0) is 15.5. The first-order chi connectivity index (χ1) is 9.89. The number of hydrogen-bond acceptors (Lipinski definition) is 4. The summed E-state index contributed by atoms with van der Waals surface area (Å²) < 4.78 is 45.3. The van der Waals surface area contributed by atoms with Gasteiger partial charge in [-0.05, 0) is 23.8 Å². The predicted octanol–water partition coefficient (Wildman–Crippen LogP) is 3.07. The van der Waals surface area contributed by atoms with Crippen molar-refractivity contribution in [3.05, 3.63) is 53.7 Å². The average Bonchev–Trinajstić information content (AvgIpc) is 2.45. The van der Waals surface area contributed by atoms with Gasteiger partial charge in [0, 0.05) is 6.07 Å². The third-order valence-electron chi connectivity index (χ3n) is 2.64. The van der Waals surface area contributed by atoms with Crippen molar-refractivity contribution in [2.24, 2.45) is 0 Å². The van der Waals surface area contributed by atoms with E-state index in [2.05, 4.69) is 9.72 Å². The Morgan fingerprint density at radius 3 is 2.52 bits per heavy atom. The number of rotatable bonds is 4. The molecule has 0 aliphatic rings. The van der Waals surface area contributed by atoms with Gasteiger partial charge in [-0.25, -0.2) is 4.98 Å². The largest absolute Gasteiger partial charge is 0.573 e. The number of aliphatic hydroxyl groups excluding tert-OH is 1. The topological polar surface area (TPSA) is 51.6 Å². The van der Waals surface area contributed by atoms with Crippen LogP contribution in [0, 0.1) is 0 Å². The number of benzene rings is 1. The summed E-state index contributed by atoms with van der Waals surface area (Å²) in [4.78, 5) is 4.04. The maximum absolute atomic E-state index is 12.2. The Bertz CT molecular complexity index is 616. The van der Waals surface area contributed by atoms with E-state index in [-0.39, 0.29) is 11.3 Å². The molecule has 0 spiro atoms. The van der Waals surface area contributed by atoms with Crippen LogP contribution < -0.4 is 9.47 Å². The molecule has 0 bridgehead atoms. The summed E-state index contributed by atoms with van der Waals surface area (Å²) in [7, 11) is 1.43. The number of ether oxygens (including phenoxy) is 2. The van der Waals surface area contributed by atoms with E-state index in [1.165, 1.54) is 19.2 Å². The van der Waals surface area contributed by atoms with Gasteiger partial charge in [-0.2, -0.15) is 0 Å². The van der Waals surface area contributed by atoms with Gasteiger partial charge >= 0.3 is 6.36 Å². The number of nitrogens with zero attached hydrogens (tertiary/aromatic N) is 1. The molecule has 1 N–H and O–H groups in total. The van der Waals surface area contributed by atoms with Crippen LogP contribution in [0.4, 0.5) is 13.2 Å². The van der Waals surface area contributed by atoms with Crippen LogP contribution in [0.15, 0.2) is 42.5 Å². The number of aliphatic hydroxyl groups is 1. The lowest BCUT2D eigenvalue weighted by Crippen LogP contribution is -2.17. The van der Waals surface area contributed by atoms with Crippen LogP contribution in [0.2, 0.25) is 0 Å². The molecule has 0 aliphatic heterocycles. The molecule has 0 radical (unpaired) electrons. The van der Waals surface area contributed by atoms with Gasteiger partial charge in [-0.1, -0.05) is 18.2 Å². The summed E-state index contributed by atoms with van der Waals surface area (Å²) in [6.07, 6.45) is -5.96. The SMILES string of the molecule is COc1cccc(C(O)c2cccc(OC(F)(F)F)c2)n1. The maximum atomic E-state index is 12.2. The summed E-state index contributed by atoms with van der Waals surface area (Å²) >= 11 is 0. The second-order valence-electron chi connectivity index (χ2n) is 4.13. The number of alkyl halides is 3. The van der Waals surface area contributed by atoms with Crippen LogP contribution in [-0.4, -0.2) is 23.6 Å². The van der Waals surface area contributed by atoms with E-state index in [1.54, 1.807) is 18.2 Å². The van der Waals surface area contributed by atoms with Crippen molar-refractivity contribution in [3.63, 3.8) is 0 Å². The van der Waals surface area contributed by atoms with Crippen molar-refractivity contribution >= 4 is 0 Å². The van der Waals surface area contributed by atoms with Crippen molar-refractivity contribution < 1.29 is 27.8 Å². The molecule has 1 aromatic heterocycles. The minimum Gasteiger partial charge on any atom is -0.481 e. The minimum atomic E-state index is -4.78. The van der Waals surface area contributed by atoms with Crippen LogP contribution in [0.3, 0.4) is 0 Å². The summed E-state index contributed by atoms with van der Waals surface area (Å²) in [5.74, 6) is -0.101. The lowest BCUT2D eigenvalue weighted by molar-refractivity contribution is -0.274. The van der Waals surface area contributed by atoms with Crippen molar-refractivity contribution in [1.29, 1.82) is 0 Å². The molecule has 7 heteroatoms. The molecule has 1 aromatic carbocycles. The third-order valence-corrected chi connectivity index (χ3v) is 2.64. The second kappa shape index (κ2) is 6.01. The number of halogens is 3. The van der Waals surface area contributed by atoms with Crippen LogP contribution in [0.1, 0.15) is 17.4 Å². The summed E-state index contributed by atoms with van der Waals surface area (Å²) in [6.45, 7) is 0. The smallest absolute Gasteiger partial charge is 0.481 e. The predicted molar refractivity (Wildman–Crippen MR) is 68.0 cm³/mol. The van der Waals surface area contributed by atoms with Crippen LogP contribution >= 0.6 is 0 Å². The van der Waals surface area contributed by atoms with E-state index in [0.29, 0.717) is 5.88 Å². The van der Waals surface area contributed by atoms with E-state index in [4.69, 9.17) is 4.74 Å². The Hall–Kier alpha value is -2.28. The fourth-order valence-electron chi connectivity index (χ4n) is 1.75. The number of hydrogen-bond donors (Lipinski definition) is 1. The Morgan fingerprint density at radius 1 is 1.14 bits per heavy atom. The highest BCUT2D eigenvalue weighted by atomic mass is 19.4. The van der Waals surface area contributed by atoms with Gasteiger partial charge in [0.1, 0.15) is 11.9 Å². The standard InChI is InChI=1S/C14H12F3NO3/c1-20-12-7-3-6-11(18-12)13(19)9-4-2-5-10(8-9)21-14(15,16)17/h2-8,13,19H,1H3. The molecule has 1 atom stereocenters. The fraction of sp³-hybridized carbons (Fsp3) is 0.214. The molecular weight excluding hydrogens is 287 g/mol. The van der Waals surface area contributed by atoms with E-state index >= 15 is 0 Å². The molecule has 0 fully saturated rings. The number of methoxy groups -OCH3 is 1. The van der Waals surface area contributed by atoms with E-state index in [9.17, 15) is 18.3 Å². The van der Waals surface area contributed by atoms with E-state index in [0.717, 1.165) is 12.1 Å². The van der Waals surface area contributed by atoms with Crippen molar-refractivity contribution in [3.8, 4) is 11.6 Å². The highest BCUT2D eigenvalue weighted by Crippen LogP contribution is 2.28. The normalized spacial score (nSPS) is 12.8. The molecule has 21 heavy (non-hydrogen) atoms. The molecule has 2 rings (SSSR count). The van der Waals surface area contributed by atoms with Crippen molar-refractivity contribution in [2.75, 3.05) is 7.11 Å². The number of aromatic nitrogens is 1. The summed E-state index contributed by atoms with van der Waals surface area (Å²) in [5, 5.41) is 10.2. The van der Waals surface area contributed by atoms with Gasteiger partial charge in [0.25, 0.3) is 0 Å². The quantitative estimate of drug-likeness (QED) is 0.942. The molecule has 1 unspecified atom stereocenters. The first-order valence-corrected chi connectivity index (χ1v) is 5.94. The summed E-state index contributed by atoms with van der Waals surface area (Å²) in [6, 6.07) is 9.88. The molecule has 112 valence electrons. The van der Waals surface area contributed by atoms with Crippen LogP contribution in [0.25, 0.3) is 0 Å². The highest BCUT2D eigenvalue weighted by molar-refractivity contribution is 5.34. The molecule has 0 saturated heterocycles. The zero-order valence-corrected chi connectivity index (χ0v) is 11.0. The molecule has 1 heterocycles. The Morgan fingerprint density at radius 2 is 1.86 bits per heavy atom. The monoisotopic (exact) mass is 299 g/mol. The van der Waals surface area contributed by atoms with Crippen LogP contribution in [0.5, 0.6) is 11.6 Å². The lowest BCUT2D eigenvalue weighted by atomic mass is 10.1. The molecule has 0 saturated carbocycles. The summed E-state index contributed by atoms with van der Waals surface area (Å²) in [5.41, 5.74) is 0.496. The first kappa shape index (κ1) is 15.1. The maximum Gasteiger partial charge on any atom is 0.573 e. The zero-order valence-electron chi connectivity index (χ0n) is 11.0. The van der Waals surface area contributed by atoms with Gasteiger partial charge in [0.05, 0.1) is 12.8 Å². The molecular formula is C14H12F3NO3. The Balaban J connectivity index is 2.26. The molecule has 4 nitrogen and oxygen atoms in total. The van der Waals surface area contributed by atoms with Crippen LogP contribution in [-0.2, 0) is 0 Å².